The van der Waals surface area contributed by atoms with Gasteiger partial charge >= 0.3 is 6.03 Å². The molecule has 6 heteroatoms. The van der Waals surface area contributed by atoms with Gasteiger partial charge in [0.2, 0.25) is 0 Å². The summed E-state index contributed by atoms with van der Waals surface area (Å²) in [6.45, 7) is 8.17. The lowest BCUT2D eigenvalue weighted by Gasteiger charge is -2.34. The first-order chi connectivity index (χ1) is 10.7. The Kier molecular flexibility index (Phi) is 5.34. The molecule has 1 heterocycles. The Morgan fingerprint density at radius 3 is 2.70 bits per heavy atom. The van der Waals surface area contributed by atoms with Gasteiger partial charge in [-0.2, -0.15) is 0 Å². The molecular weight excluding hydrogens is 312 g/mol. The normalized spacial score (nSPS) is 21.7. The van der Waals surface area contributed by atoms with E-state index >= 15 is 0 Å². The lowest BCUT2D eigenvalue weighted by atomic mass is 10.00. The summed E-state index contributed by atoms with van der Waals surface area (Å²) in [6.07, 6.45) is 0.762. The second-order valence-corrected chi connectivity index (χ2v) is 8.87. The molecule has 2 rings (SSSR count). The van der Waals surface area contributed by atoms with Crippen molar-refractivity contribution < 1.29 is 13.2 Å². The Hall–Kier alpha value is -1.56. The van der Waals surface area contributed by atoms with Crippen LogP contribution in [0.5, 0.6) is 0 Å². The standard InChI is InChI=1S/C17H26N2O3S/c1-12-5-6-16(13(2)9-12)10-14(3)18-17(20)19-7-8-23(21,22)11-15(19)4/h5-6,9,14-15H,7-8,10-11H2,1-4H3,(H,18,20)/t14-,15+/m0/s1. The molecule has 2 amide bonds. The topological polar surface area (TPSA) is 66.5 Å². The van der Waals surface area contributed by atoms with Gasteiger partial charge < -0.3 is 10.2 Å². The number of nitrogens with one attached hydrogen (secondary N) is 1. The summed E-state index contributed by atoms with van der Waals surface area (Å²) in [7, 11) is -3.01. The van der Waals surface area contributed by atoms with E-state index in [-0.39, 0.29) is 36.2 Å². The third-order valence-electron chi connectivity index (χ3n) is 4.33. The van der Waals surface area contributed by atoms with Crippen LogP contribution in [0.2, 0.25) is 0 Å². The first kappa shape index (κ1) is 17.8. The molecule has 0 aromatic heterocycles. The van der Waals surface area contributed by atoms with Gasteiger partial charge in [-0.1, -0.05) is 23.8 Å². The Morgan fingerprint density at radius 1 is 1.39 bits per heavy atom. The van der Waals surface area contributed by atoms with Crippen LogP contribution in [0.15, 0.2) is 18.2 Å². The second-order valence-electron chi connectivity index (χ2n) is 6.64. The van der Waals surface area contributed by atoms with Crippen molar-refractivity contribution in [3.63, 3.8) is 0 Å². The van der Waals surface area contributed by atoms with Gasteiger partial charge in [-0.25, -0.2) is 13.2 Å². The zero-order valence-electron chi connectivity index (χ0n) is 14.3. The maximum absolute atomic E-state index is 12.4. The lowest BCUT2D eigenvalue weighted by Crippen LogP contribution is -2.54. The minimum atomic E-state index is -3.01. The molecule has 23 heavy (non-hydrogen) atoms. The molecule has 0 radical (unpaired) electrons. The Labute approximate surface area is 139 Å². The first-order valence-corrected chi connectivity index (χ1v) is 9.84. The van der Waals surface area contributed by atoms with Crippen LogP contribution < -0.4 is 5.32 Å². The van der Waals surface area contributed by atoms with Gasteiger partial charge in [0, 0.05) is 18.6 Å². The summed E-state index contributed by atoms with van der Waals surface area (Å²) < 4.78 is 23.2. The average molecular weight is 338 g/mol. The van der Waals surface area contributed by atoms with Crippen LogP contribution in [0.4, 0.5) is 4.79 Å². The molecular formula is C17H26N2O3S. The fourth-order valence-electron chi connectivity index (χ4n) is 3.05. The zero-order valence-corrected chi connectivity index (χ0v) is 15.1. The molecule has 0 aliphatic carbocycles. The van der Waals surface area contributed by atoms with E-state index in [9.17, 15) is 13.2 Å². The van der Waals surface area contributed by atoms with Crippen LogP contribution in [0.1, 0.15) is 30.5 Å². The minimum absolute atomic E-state index is 0.00496. The maximum Gasteiger partial charge on any atom is 0.317 e. The molecule has 5 nitrogen and oxygen atoms in total. The number of carbonyl (C=O) groups is 1. The van der Waals surface area contributed by atoms with Crippen LogP contribution in [-0.2, 0) is 16.3 Å². The van der Waals surface area contributed by atoms with E-state index in [0.29, 0.717) is 0 Å². The molecule has 128 valence electrons. The highest BCUT2D eigenvalue weighted by atomic mass is 32.2. The molecule has 1 aliphatic heterocycles. The van der Waals surface area contributed by atoms with Gasteiger partial charge in [-0.3, -0.25) is 0 Å². The van der Waals surface area contributed by atoms with Crippen molar-refractivity contribution in [3.05, 3.63) is 34.9 Å². The smallest absolute Gasteiger partial charge is 0.317 e. The van der Waals surface area contributed by atoms with Gasteiger partial charge in [-0.15, -0.1) is 0 Å². The molecule has 0 spiro atoms. The number of urea groups is 1. The largest absolute Gasteiger partial charge is 0.335 e. The molecule has 1 aromatic rings. The predicted molar refractivity (Wildman–Crippen MR) is 92.4 cm³/mol. The van der Waals surface area contributed by atoms with Crippen molar-refractivity contribution in [2.45, 2.75) is 46.2 Å². The quantitative estimate of drug-likeness (QED) is 0.917. The van der Waals surface area contributed by atoms with E-state index in [2.05, 4.69) is 37.4 Å². The van der Waals surface area contributed by atoms with Crippen LogP contribution in [0.25, 0.3) is 0 Å². The summed E-state index contributed by atoms with van der Waals surface area (Å²) >= 11 is 0. The number of amides is 2. The number of carbonyl (C=O) groups excluding carboxylic acids is 1. The molecule has 2 atom stereocenters. The van der Waals surface area contributed by atoms with E-state index in [1.807, 2.05) is 6.92 Å². The summed E-state index contributed by atoms with van der Waals surface area (Å²) in [5.74, 6) is 0.0993. The number of nitrogens with zero attached hydrogens (tertiary/aromatic N) is 1. The third kappa shape index (κ3) is 4.70. The highest BCUT2D eigenvalue weighted by Crippen LogP contribution is 2.14. The van der Waals surface area contributed by atoms with E-state index in [1.165, 1.54) is 16.7 Å². The summed E-state index contributed by atoms with van der Waals surface area (Å²) in [5.41, 5.74) is 3.67. The molecule has 1 N–H and O–H groups in total. The molecule has 0 saturated carbocycles. The number of benzene rings is 1. The Bertz CT molecular complexity index is 685. The molecule has 1 aliphatic rings. The highest BCUT2D eigenvalue weighted by Gasteiger charge is 2.31. The lowest BCUT2D eigenvalue weighted by molar-refractivity contribution is 0.182. The summed E-state index contributed by atoms with van der Waals surface area (Å²) in [5, 5.41) is 2.99. The van der Waals surface area contributed by atoms with Crippen LogP contribution in [0.3, 0.4) is 0 Å². The number of rotatable bonds is 3. The molecule has 0 unspecified atom stereocenters. The first-order valence-electron chi connectivity index (χ1n) is 8.01. The number of sulfone groups is 1. The van der Waals surface area contributed by atoms with E-state index in [4.69, 9.17) is 0 Å². The van der Waals surface area contributed by atoms with Crippen molar-refractivity contribution in [2.75, 3.05) is 18.1 Å². The molecule has 1 aromatic carbocycles. The minimum Gasteiger partial charge on any atom is -0.335 e. The number of hydrogen-bond acceptors (Lipinski definition) is 3. The van der Waals surface area contributed by atoms with E-state index < -0.39 is 9.84 Å². The Morgan fingerprint density at radius 2 is 2.09 bits per heavy atom. The maximum atomic E-state index is 12.4. The molecule has 1 fully saturated rings. The van der Waals surface area contributed by atoms with Gasteiger partial charge in [0.1, 0.15) is 0 Å². The van der Waals surface area contributed by atoms with Crippen molar-refractivity contribution in [1.29, 1.82) is 0 Å². The molecule has 1 saturated heterocycles. The fourth-order valence-corrected chi connectivity index (χ4v) is 4.61. The molecule has 0 bridgehead atoms. The van der Waals surface area contributed by atoms with E-state index in [1.54, 1.807) is 11.8 Å². The van der Waals surface area contributed by atoms with Crippen molar-refractivity contribution in [3.8, 4) is 0 Å². The average Bonchev–Trinajstić information content (AvgIpc) is 2.40. The van der Waals surface area contributed by atoms with Crippen LogP contribution >= 0.6 is 0 Å². The Balaban J connectivity index is 1.94. The SMILES string of the molecule is Cc1ccc(C[C@H](C)NC(=O)N2CCS(=O)(=O)C[C@H]2C)c(C)c1. The van der Waals surface area contributed by atoms with Crippen LogP contribution in [-0.4, -0.2) is 49.5 Å². The number of hydrogen-bond donors (Lipinski definition) is 1. The third-order valence-corrected chi connectivity index (χ3v) is 6.12. The van der Waals surface area contributed by atoms with E-state index in [0.717, 1.165) is 6.42 Å². The van der Waals surface area contributed by atoms with Crippen molar-refractivity contribution >= 4 is 15.9 Å². The van der Waals surface area contributed by atoms with Gasteiger partial charge in [0.05, 0.1) is 11.5 Å². The van der Waals surface area contributed by atoms with Gasteiger partial charge in [0.15, 0.2) is 9.84 Å². The van der Waals surface area contributed by atoms with Gasteiger partial charge in [-0.05, 0) is 45.2 Å². The van der Waals surface area contributed by atoms with Crippen LogP contribution in [0, 0.1) is 13.8 Å². The van der Waals surface area contributed by atoms with Crippen molar-refractivity contribution in [1.82, 2.24) is 10.2 Å². The highest BCUT2D eigenvalue weighted by molar-refractivity contribution is 7.91. The summed E-state index contributed by atoms with van der Waals surface area (Å²) in [4.78, 5) is 14.0. The zero-order chi connectivity index (χ0) is 17.2. The second kappa shape index (κ2) is 6.91. The summed E-state index contributed by atoms with van der Waals surface area (Å²) in [6, 6.07) is 5.86. The fraction of sp³-hybridized carbons (Fsp3) is 0.588. The van der Waals surface area contributed by atoms with Crippen molar-refractivity contribution in [2.24, 2.45) is 0 Å². The number of aryl methyl sites for hydroxylation is 2. The van der Waals surface area contributed by atoms with Gasteiger partial charge in [0.25, 0.3) is 0 Å². The monoisotopic (exact) mass is 338 g/mol. The predicted octanol–water partition coefficient (Wildman–Crippen LogP) is 2.06.